The Morgan fingerprint density at radius 3 is 2.52 bits per heavy atom. The molecule has 132 valence electrons. The summed E-state index contributed by atoms with van der Waals surface area (Å²) < 4.78 is 0. The van der Waals surface area contributed by atoms with E-state index in [0.717, 1.165) is 5.56 Å². The summed E-state index contributed by atoms with van der Waals surface area (Å²) in [6.07, 6.45) is 3.91. The summed E-state index contributed by atoms with van der Waals surface area (Å²) in [5.41, 5.74) is -0.483. The van der Waals surface area contributed by atoms with E-state index in [2.05, 4.69) is 10.6 Å². The van der Waals surface area contributed by atoms with Crippen molar-refractivity contribution in [1.82, 2.24) is 10.6 Å². The Labute approximate surface area is 146 Å². The van der Waals surface area contributed by atoms with E-state index in [1.807, 2.05) is 50.3 Å². The van der Waals surface area contributed by atoms with Crippen molar-refractivity contribution in [2.45, 2.75) is 31.8 Å². The van der Waals surface area contributed by atoms with Crippen molar-refractivity contribution < 1.29 is 19.5 Å². The first-order valence-corrected chi connectivity index (χ1v) is 8.44. The third-order valence-corrected chi connectivity index (χ3v) is 4.94. The largest absolute Gasteiger partial charge is 0.480 e. The fraction of sp³-hybridized carbons (Fsp3) is 0.421. The third-order valence-electron chi connectivity index (χ3n) is 4.94. The minimum Gasteiger partial charge on any atom is -0.480 e. The Hall–Kier alpha value is -2.47. The maximum absolute atomic E-state index is 12.3. The van der Waals surface area contributed by atoms with Gasteiger partial charge in [0, 0.05) is 6.04 Å². The van der Waals surface area contributed by atoms with E-state index in [0.29, 0.717) is 0 Å². The number of carbonyl (C=O) groups is 3. The molecule has 3 rings (SSSR count). The predicted molar refractivity (Wildman–Crippen MR) is 92.4 cm³/mol. The molecule has 0 aliphatic carbocycles. The van der Waals surface area contributed by atoms with E-state index in [1.54, 1.807) is 6.08 Å². The second-order valence-corrected chi connectivity index (χ2v) is 7.17. The molecule has 2 fully saturated rings. The molecule has 0 saturated carbocycles. The zero-order valence-corrected chi connectivity index (χ0v) is 14.2. The van der Waals surface area contributed by atoms with Gasteiger partial charge in [-0.2, -0.15) is 0 Å². The van der Waals surface area contributed by atoms with Crippen LogP contribution in [0.5, 0.6) is 0 Å². The van der Waals surface area contributed by atoms with Crippen LogP contribution >= 0.6 is 0 Å². The maximum atomic E-state index is 12.3. The molecular weight excluding hydrogens is 320 g/mol. The van der Waals surface area contributed by atoms with Crippen LogP contribution in [0.25, 0.3) is 6.08 Å². The van der Waals surface area contributed by atoms with Crippen LogP contribution in [0.1, 0.15) is 25.8 Å². The lowest BCUT2D eigenvalue weighted by Crippen LogP contribution is -2.57. The molecule has 4 unspecified atom stereocenters. The monoisotopic (exact) mass is 342 g/mol. The second-order valence-electron chi connectivity index (χ2n) is 7.17. The molecule has 6 nitrogen and oxygen atoms in total. The first-order chi connectivity index (χ1) is 11.8. The molecule has 2 amide bonds. The standard InChI is InChI=1S/C19H22N2O4/c1-11(2)10-19(18(24)25)15-14(16(22)20-17(15)23)13(21-19)9-8-12-6-4-3-5-7-12/h3-9,11,13-15,21H,10H2,1-2H3,(H,24,25)(H,20,22,23)/b9-8+. The van der Waals surface area contributed by atoms with Gasteiger partial charge in [0.05, 0.1) is 11.8 Å². The van der Waals surface area contributed by atoms with Crippen molar-refractivity contribution >= 4 is 23.9 Å². The summed E-state index contributed by atoms with van der Waals surface area (Å²) in [5.74, 6) is -3.54. The van der Waals surface area contributed by atoms with Crippen LogP contribution < -0.4 is 10.6 Å². The van der Waals surface area contributed by atoms with E-state index < -0.39 is 41.2 Å². The van der Waals surface area contributed by atoms with Crippen LogP contribution in [0.2, 0.25) is 0 Å². The van der Waals surface area contributed by atoms with Gasteiger partial charge in [0.15, 0.2) is 0 Å². The highest BCUT2D eigenvalue weighted by atomic mass is 16.4. The summed E-state index contributed by atoms with van der Waals surface area (Å²) in [6, 6.07) is 9.03. The number of hydrogen-bond donors (Lipinski definition) is 3. The Balaban J connectivity index is 1.98. The molecule has 0 spiro atoms. The molecule has 0 bridgehead atoms. The summed E-state index contributed by atoms with van der Waals surface area (Å²) in [6.45, 7) is 3.81. The number of rotatable bonds is 5. The van der Waals surface area contributed by atoms with E-state index in [1.165, 1.54) is 0 Å². The number of hydrogen-bond acceptors (Lipinski definition) is 4. The van der Waals surface area contributed by atoms with Gasteiger partial charge in [-0.25, -0.2) is 0 Å². The molecule has 2 aliphatic heterocycles. The summed E-state index contributed by atoms with van der Waals surface area (Å²) in [7, 11) is 0. The van der Waals surface area contributed by atoms with Crippen molar-refractivity contribution in [3.05, 3.63) is 42.0 Å². The molecule has 1 aromatic rings. The topological polar surface area (TPSA) is 95.5 Å². The molecular formula is C19H22N2O4. The van der Waals surface area contributed by atoms with Gasteiger partial charge in [0.2, 0.25) is 11.8 Å². The Morgan fingerprint density at radius 1 is 1.24 bits per heavy atom. The number of nitrogens with one attached hydrogen (secondary N) is 2. The molecule has 3 N–H and O–H groups in total. The van der Waals surface area contributed by atoms with Gasteiger partial charge in [0.25, 0.3) is 0 Å². The number of carboxylic acid groups (broad SMARTS) is 1. The highest BCUT2D eigenvalue weighted by Crippen LogP contribution is 2.43. The van der Waals surface area contributed by atoms with E-state index in [4.69, 9.17) is 0 Å². The van der Waals surface area contributed by atoms with Crippen molar-refractivity contribution in [2.75, 3.05) is 0 Å². The Bertz CT molecular complexity index is 728. The summed E-state index contributed by atoms with van der Waals surface area (Å²) in [4.78, 5) is 36.7. The number of carboxylic acids is 1. The lowest BCUT2D eigenvalue weighted by molar-refractivity contribution is -0.150. The SMILES string of the molecule is CC(C)CC1(C(=O)O)NC(/C=C/c2ccccc2)C2C(=O)NC(=O)C21. The van der Waals surface area contributed by atoms with Crippen molar-refractivity contribution in [2.24, 2.45) is 17.8 Å². The molecule has 6 heteroatoms. The highest BCUT2D eigenvalue weighted by Gasteiger charge is 2.65. The first kappa shape index (κ1) is 17.4. The molecule has 0 aromatic heterocycles. The van der Waals surface area contributed by atoms with Crippen LogP contribution in [0, 0.1) is 17.8 Å². The van der Waals surface area contributed by atoms with Crippen LogP contribution in [-0.2, 0) is 14.4 Å². The van der Waals surface area contributed by atoms with Crippen molar-refractivity contribution in [1.29, 1.82) is 0 Å². The average molecular weight is 342 g/mol. The van der Waals surface area contributed by atoms with Crippen molar-refractivity contribution in [3.63, 3.8) is 0 Å². The summed E-state index contributed by atoms with van der Waals surface area (Å²) >= 11 is 0. The van der Waals surface area contributed by atoms with E-state index in [9.17, 15) is 19.5 Å². The average Bonchev–Trinajstić information content (AvgIpc) is 3.04. The number of amides is 2. The highest BCUT2D eigenvalue weighted by molar-refractivity contribution is 6.09. The van der Waals surface area contributed by atoms with Gasteiger partial charge < -0.3 is 5.11 Å². The second kappa shape index (κ2) is 6.44. The van der Waals surface area contributed by atoms with Gasteiger partial charge in [-0.3, -0.25) is 25.0 Å². The van der Waals surface area contributed by atoms with E-state index >= 15 is 0 Å². The zero-order chi connectivity index (χ0) is 18.2. The minimum absolute atomic E-state index is 0.0598. The molecule has 2 saturated heterocycles. The fourth-order valence-corrected chi connectivity index (χ4v) is 4.03. The quantitative estimate of drug-likeness (QED) is 0.704. The molecule has 0 radical (unpaired) electrons. The van der Waals surface area contributed by atoms with Gasteiger partial charge in [-0.1, -0.05) is 56.3 Å². The zero-order valence-electron chi connectivity index (χ0n) is 14.2. The third kappa shape index (κ3) is 2.98. The normalized spacial score (nSPS) is 31.6. The van der Waals surface area contributed by atoms with Gasteiger partial charge in [0.1, 0.15) is 5.54 Å². The van der Waals surface area contributed by atoms with Crippen LogP contribution in [0.4, 0.5) is 0 Å². The lowest BCUT2D eigenvalue weighted by atomic mass is 9.75. The maximum Gasteiger partial charge on any atom is 0.324 e. The van der Waals surface area contributed by atoms with Crippen molar-refractivity contribution in [3.8, 4) is 0 Å². The first-order valence-electron chi connectivity index (χ1n) is 8.44. The molecule has 25 heavy (non-hydrogen) atoms. The number of carbonyl (C=O) groups excluding carboxylic acids is 2. The molecule has 2 heterocycles. The van der Waals surface area contributed by atoms with Crippen LogP contribution in [-0.4, -0.2) is 34.5 Å². The van der Waals surface area contributed by atoms with Gasteiger partial charge in [-0.15, -0.1) is 0 Å². The van der Waals surface area contributed by atoms with E-state index in [-0.39, 0.29) is 12.3 Å². The summed E-state index contributed by atoms with van der Waals surface area (Å²) in [5, 5.41) is 15.3. The minimum atomic E-state index is -1.43. The predicted octanol–water partition coefficient (Wildman–Crippen LogP) is 1.43. The molecule has 1 aromatic carbocycles. The Kier molecular flexibility index (Phi) is 4.47. The van der Waals surface area contributed by atoms with Crippen LogP contribution in [0.3, 0.4) is 0 Å². The van der Waals surface area contributed by atoms with Crippen LogP contribution in [0.15, 0.2) is 36.4 Å². The van der Waals surface area contributed by atoms with Gasteiger partial charge in [-0.05, 0) is 17.9 Å². The number of aliphatic carboxylic acids is 1. The molecule has 2 aliphatic rings. The number of fused-ring (bicyclic) bond motifs is 1. The fourth-order valence-electron chi connectivity index (χ4n) is 4.03. The lowest BCUT2D eigenvalue weighted by Gasteiger charge is -2.31. The number of benzene rings is 1. The smallest absolute Gasteiger partial charge is 0.324 e. The number of imide groups is 1. The van der Waals surface area contributed by atoms with Gasteiger partial charge >= 0.3 is 5.97 Å². The molecule has 4 atom stereocenters. The Morgan fingerprint density at radius 2 is 1.92 bits per heavy atom.